The Hall–Kier alpha value is -3.41. The van der Waals surface area contributed by atoms with Gasteiger partial charge in [0, 0.05) is 24.5 Å². The number of sulfonamides is 1. The number of nitrogens with zero attached hydrogens (tertiary/aromatic N) is 3. The minimum atomic E-state index is -4.14. The number of anilines is 2. The molecule has 1 fully saturated rings. The molecule has 4 N–H and O–H groups in total. The standard InChI is InChI=1S/C20H24N6O5S/c1-11-7-15-18(24-20(29)26(32(15,30)31)9-13-3-4-13)19(28)25(11)10-17(27)22-8-14-5-6-16(21)23-12(14)2/h5-7,13H,3-4,8-10H2,1-2H3,(H2,21,23)(H,22,27)(H,24,29). The Morgan fingerprint density at radius 2 is 2.00 bits per heavy atom. The molecule has 2 aromatic rings. The fourth-order valence-electron chi connectivity index (χ4n) is 3.56. The zero-order valence-electron chi connectivity index (χ0n) is 17.7. The van der Waals surface area contributed by atoms with Crippen molar-refractivity contribution in [3.05, 3.63) is 45.5 Å². The van der Waals surface area contributed by atoms with Crippen LogP contribution in [0.25, 0.3) is 0 Å². The number of nitrogens with two attached hydrogens (primary N) is 1. The van der Waals surface area contributed by atoms with Gasteiger partial charge >= 0.3 is 6.03 Å². The first-order valence-electron chi connectivity index (χ1n) is 10.1. The molecule has 0 saturated heterocycles. The van der Waals surface area contributed by atoms with Crippen molar-refractivity contribution in [2.75, 3.05) is 17.6 Å². The molecular formula is C20H24N6O5S. The maximum Gasteiger partial charge on any atom is 0.335 e. The molecule has 0 spiro atoms. The summed E-state index contributed by atoms with van der Waals surface area (Å²) in [5.74, 6) is 0.0790. The van der Waals surface area contributed by atoms with Crippen molar-refractivity contribution in [3.63, 3.8) is 0 Å². The van der Waals surface area contributed by atoms with E-state index in [4.69, 9.17) is 5.73 Å². The molecule has 170 valence electrons. The molecule has 1 saturated carbocycles. The van der Waals surface area contributed by atoms with Gasteiger partial charge in [0.25, 0.3) is 15.6 Å². The normalized spacial score (nSPS) is 16.9. The number of carbonyl (C=O) groups excluding carboxylic acids is 2. The van der Waals surface area contributed by atoms with Crippen molar-refractivity contribution in [1.29, 1.82) is 0 Å². The first-order valence-corrected chi connectivity index (χ1v) is 11.6. The van der Waals surface area contributed by atoms with Crippen molar-refractivity contribution in [3.8, 4) is 0 Å². The summed E-state index contributed by atoms with van der Waals surface area (Å²) in [5.41, 5.74) is 6.29. The minimum absolute atomic E-state index is 0.0948. The van der Waals surface area contributed by atoms with E-state index in [1.807, 2.05) is 0 Å². The lowest BCUT2D eigenvalue weighted by molar-refractivity contribution is -0.121. The van der Waals surface area contributed by atoms with Gasteiger partial charge < -0.3 is 20.9 Å². The van der Waals surface area contributed by atoms with Crippen LogP contribution in [0.3, 0.4) is 0 Å². The van der Waals surface area contributed by atoms with Crippen LogP contribution in [0.4, 0.5) is 16.3 Å². The van der Waals surface area contributed by atoms with Gasteiger partial charge in [-0.3, -0.25) is 9.59 Å². The average molecular weight is 461 g/mol. The topological polar surface area (TPSA) is 156 Å². The molecule has 32 heavy (non-hydrogen) atoms. The number of aromatic nitrogens is 2. The second-order valence-corrected chi connectivity index (χ2v) is 9.91. The highest BCUT2D eigenvalue weighted by Gasteiger charge is 2.41. The monoisotopic (exact) mass is 460 g/mol. The Morgan fingerprint density at radius 1 is 1.28 bits per heavy atom. The van der Waals surface area contributed by atoms with E-state index in [0.29, 0.717) is 17.2 Å². The van der Waals surface area contributed by atoms with Gasteiger partial charge in [-0.25, -0.2) is 22.5 Å². The number of rotatable bonds is 6. The number of carbonyl (C=O) groups is 2. The molecular weight excluding hydrogens is 436 g/mol. The van der Waals surface area contributed by atoms with Gasteiger partial charge in [-0.15, -0.1) is 0 Å². The second kappa shape index (κ2) is 7.93. The van der Waals surface area contributed by atoms with Gasteiger partial charge in [-0.05, 0) is 50.3 Å². The molecule has 1 aliphatic carbocycles. The van der Waals surface area contributed by atoms with E-state index in [1.54, 1.807) is 26.0 Å². The van der Waals surface area contributed by atoms with E-state index in [2.05, 4.69) is 15.6 Å². The fourth-order valence-corrected chi connectivity index (χ4v) is 5.18. The molecule has 2 aliphatic rings. The Bertz CT molecular complexity index is 1280. The number of fused-ring (bicyclic) bond motifs is 1. The summed E-state index contributed by atoms with van der Waals surface area (Å²) in [6.45, 7) is 3.27. The zero-order chi connectivity index (χ0) is 23.2. The summed E-state index contributed by atoms with van der Waals surface area (Å²) in [4.78, 5) is 41.7. The Kier molecular flexibility index (Phi) is 5.41. The predicted octanol–water partition coefficient (Wildman–Crippen LogP) is 0.705. The summed E-state index contributed by atoms with van der Waals surface area (Å²) >= 11 is 0. The molecule has 1 aliphatic heterocycles. The molecule has 0 aromatic carbocycles. The fraction of sp³-hybridized carbons (Fsp3) is 0.400. The summed E-state index contributed by atoms with van der Waals surface area (Å²) in [6, 6.07) is 3.84. The van der Waals surface area contributed by atoms with Crippen molar-refractivity contribution >= 4 is 33.5 Å². The molecule has 11 nitrogen and oxygen atoms in total. The van der Waals surface area contributed by atoms with Gasteiger partial charge in [0.1, 0.15) is 22.9 Å². The van der Waals surface area contributed by atoms with Crippen molar-refractivity contribution in [1.82, 2.24) is 19.2 Å². The van der Waals surface area contributed by atoms with Crippen molar-refractivity contribution < 1.29 is 18.0 Å². The van der Waals surface area contributed by atoms with Crippen LogP contribution in [0.2, 0.25) is 0 Å². The largest absolute Gasteiger partial charge is 0.384 e. The summed E-state index contributed by atoms with van der Waals surface area (Å²) in [6.07, 6.45) is 1.74. The maximum atomic E-state index is 13.0. The van der Waals surface area contributed by atoms with Crippen LogP contribution in [0.5, 0.6) is 0 Å². The molecule has 0 radical (unpaired) electrons. The van der Waals surface area contributed by atoms with Crippen LogP contribution in [0.15, 0.2) is 27.9 Å². The first-order chi connectivity index (χ1) is 15.1. The van der Waals surface area contributed by atoms with Gasteiger partial charge in [-0.1, -0.05) is 6.07 Å². The summed E-state index contributed by atoms with van der Waals surface area (Å²) in [7, 11) is -4.14. The van der Waals surface area contributed by atoms with Gasteiger partial charge in [-0.2, -0.15) is 0 Å². The maximum absolute atomic E-state index is 13.0. The lowest BCUT2D eigenvalue weighted by Crippen LogP contribution is -2.47. The molecule has 2 aromatic heterocycles. The third kappa shape index (κ3) is 4.05. The number of amides is 3. The van der Waals surface area contributed by atoms with E-state index in [0.717, 1.165) is 27.3 Å². The Labute approximate surface area is 184 Å². The van der Waals surface area contributed by atoms with Crippen LogP contribution in [0.1, 0.15) is 29.8 Å². The van der Waals surface area contributed by atoms with Crippen LogP contribution in [-0.4, -0.2) is 40.8 Å². The molecule has 0 atom stereocenters. The summed E-state index contributed by atoms with van der Waals surface area (Å²) < 4.78 is 27.8. The Balaban J connectivity index is 1.56. The molecule has 0 bridgehead atoms. The number of hydrogen-bond donors (Lipinski definition) is 3. The number of pyridine rings is 2. The lowest BCUT2D eigenvalue weighted by Gasteiger charge is -2.29. The molecule has 4 rings (SSSR count). The summed E-state index contributed by atoms with van der Waals surface area (Å²) in [5, 5.41) is 5.11. The number of nitrogen functional groups attached to an aromatic ring is 1. The van der Waals surface area contributed by atoms with Crippen LogP contribution in [0, 0.1) is 19.8 Å². The van der Waals surface area contributed by atoms with Crippen LogP contribution >= 0.6 is 0 Å². The van der Waals surface area contributed by atoms with E-state index in [9.17, 15) is 22.8 Å². The van der Waals surface area contributed by atoms with Gasteiger partial charge in [0.15, 0.2) is 0 Å². The van der Waals surface area contributed by atoms with Crippen molar-refractivity contribution in [2.24, 2.45) is 5.92 Å². The van der Waals surface area contributed by atoms with Crippen LogP contribution in [-0.2, 0) is 27.9 Å². The third-order valence-electron chi connectivity index (χ3n) is 5.61. The smallest absolute Gasteiger partial charge is 0.335 e. The second-order valence-electron chi connectivity index (χ2n) is 8.08. The minimum Gasteiger partial charge on any atom is -0.384 e. The third-order valence-corrected chi connectivity index (χ3v) is 7.39. The first kappa shape index (κ1) is 21.8. The van der Waals surface area contributed by atoms with Crippen molar-refractivity contribution in [2.45, 2.75) is 44.7 Å². The average Bonchev–Trinajstić information content (AvgIpc) is 3.53. The van der Waals surface area contributed by atoms with E-state index >= 15 is 0 Å². The molecule has 3 amide bonds. The van der Waals surface area contributed by atoms with E-state index in [1.165, 1.54) is 6.07 Å². The predicted molar refractivity (Wildman–Crippen MR) is 116 cm³/mol. The number of nitrogens with one attached hydrogen (secondary N) is 2. The highest BCUT2D eigenvalue weighted by atomic mass is 32.2. The number of aryl methyl sites for hydroxylation is 2. The van der Waals surface area contributed by atoms with Gasteiger partial charge in [0.2, 0.25) is 5.91 Å². The van der Waals surface area contributed by atoms with E-state index < -0.39 is 27.5 Å². The molecule has 12 heteroatoms. The highest BCUT2D eigenvalue weighted by molar-refractivity contribution is 7.90. The number of hydrogen-bond acceptors (Lipinski definition) is 7. The SMILES string of the molecule is Cc1nc(N)ccc1CNC(=O)Cn1c(C)cc2c(c1=O)NC(=O)N(CC1CC1)S2(=O)=O. The molecule has 0 unspecified atom stereocenters. The Morgan fingerprint density at radius 3 is 2.66 bits per heavy atom. The number of urea groups is 1. The molecule has 3 heterocycles. The van der Waals surface area contributed by atoms with Gasteiger partial charge in [0.05, 0.1) is 0 Å². The highest BCUT2D eigenvalue weighted by Crippen LogP contribution is 2.35. The zero-order valence-corrected chi connectivity index (χ0v) is 18.5. The lowest BCUT2D eigenvalue weighted by atomic mass is 10.2. The van der Waals surface area contributed by atoms with Crippen LogP contribution < -0.4 is 21.9 Å². The van der Waals surface area contributed by atoms with E-state index in [-0.39, 0.29) is 36.1 Å². The quantitative estimate of drug-likeness (QED) is 0.573.